The fourth-order valence-electron chi connectivity index (χ4n) is 1.49. The molecule has 0 spiro atoms. The number of likely N-dealkylation sites (tertiary alicyclic amines) is 1. The molecule has 2 amide bonds. The van der Waals surface area contributed by atoms with Gasteiger partial charge in [-0.1, -0.05) is 6.92 Å². The highest BCUT2D eigenvalue weighted by Crippen LogP contribution is 2.19. The third-order valence-corrected chi connectivity index (χ3v) is 2.28. The summed E-state index contributed by atoms with van der Waals surface area (Å²) in [5, 5.41) is 0. The second kappa shape index (κ2) is 4.21. The summed E-state index contributed by atoms with van der Waals surface area (Å²) >= 11 is 0. The number of hydrogen-bond donors (Lipinski definition) is 0. The van der Waals surface area contributed by atoms with Gasteiger partial charge in [0.25, 0.3) is 0 Å². The van der Waals surface area contributed by atoms with E-state index in [9.17, 15) is 9.59 Å². The topological polar surface area (TPSA) is 46.6 Å². The molecular weight excluding hydrogens is 194 g/mol. The molecule has 15 heavy (non-hydrogen) atoms. The van der Waals surface area contributed by atoms with Crippen molar-refractivity contribution in [2.24, 2.45) is 5.92 Å². The minimum Gasteiger partial charge on any atom is -0.443 e. The quantitative estimate of drug-likeness (QED) is 0.619. The molecule has 0 bridgehead atoms. The van der Waals surface area contributed by atoms with Crippen LogP contribution in [0.1, 0.15) is 40.5 Å². The average Bonchev–Trinajstić information content (AvgIpc) is 1.99. The summed E-state index contributed by atoms with van der Waals surface area (Å²) in [6, 6.07) is 0. The van der Waals surface area contributed by atoms with Gasteiger partial charge in [-0.05, 0) is 33.1 Å². The van der Waals surface area contributed by atoms with E-state index in [2.05, 4.69) is 0 Å². The molecule has 0 saturated carbocycles. The van der Waals surface area contributed by atoms with Crippen LogP contribution in [-0.2, 0) is 9.53 Å². The summed E-state index contributed by atoms with van der Waals surface area (Å²) in [7, 11) is 0. The number of ether oxygens (including phenoxy) is 1. The van der Waals surface area contributed by atoms with Gasteiger partial charge in [-0.25, -0.2) is 9.69 Å². The Morgan fingerprint density at radius 3 is 2.53 bits per heavy atom. The van der Waals surface area contributed by atoms with Crippen molar-refractivity contribution in [2.75, 3.05) is 6.54 Å². The maximum Gasteiger partial charge on any atom is 0.417 e. The van der Waals surface area contributed by atoms with E-state index in [1.807, 2.05) is 6.92 Å². The van der Waals surface area contributed by atoms with Crippen LogP contribution in [0, 0.1) is 5.92 Å². The van der Waals surface area contributed by atoms with E-state index in [1.54, 1.807) is 20.8 Å². The Hall–Kier alpha value is -1.06. The second-order valence-corrected chi connectivity index (χ2v) is 5.12. The molecule has 0 N–H and O–H groups in total. The molecule has 1 atom stereocenters. The number of rotatable bonds is 0. The Bertz CT molecular complexity index is 267. The average molecular weight is 213 g/mol. The van der Waals surface area contributed by atoms with Gasteiger partial charge in [0.2, 0.25) is 5.91 Å². The van der Waals surface area contributed by atoms with Crippen molar-refractivity contribution in [1.82, 2.24) is 4.90 Å². The predicted molar refractivity (Wildman–Crippen MR) is 56.3 cm³/mol. The molecule has 4 heteroatoms. The molecule has 1 aliphatic rings. The monoisotopic (exact) mass is 213 g/mol. The van der Waals surface area contributed by atoms with Gasteiger partial charge >= 0.3 is 6.09 Å². The molecule has 0 aromatic rings. The largest absolute Gasteiger partial charge is 0.443 e. The number of amides is 2. The number of imide groups is 1. The van der Waals surface area contributed by atoms with Gasteiger partial charge in [-0.2, -0.15) is 0 Å². The highest BCUT2D eigenvalue weighted by molar-refractivity contribution is 5.92. The molecule has 1 rings (SSSR count). The van der Waals surface area contributed by atoms with Gasteiger partial charge in [0.15, 0.2) is 0 Å². The lowest BCUT2D eigenvalue weighted by Crippen LogP contribution is -2.44. The Kier molecular flexibility index (Phi) is 3.37. The van der Waals surface area contributed by atoms with Crippen LogP contribution >= 0.6 is 0 Å². The molecule has 0 aliphatic carbocycles. The third-order valence-electron chi connectivity index (χ3n) is 2.28. The van der Waals surface area contributed by atoms with Crippen molar-refractivity contribution >= 4 is 12.0 Å². The summed E-state index contributed by atoms with van der Waals surface area (Å²) in [5.74, 6) is 0.249. The first kappa shape index (κ1) is 12.0. The van der Waals surface area contributed by atoms with Crippen molar-refractivity contribution in [3.63, 3.8) is 0 Å². The molecule has 1 saturated heterocycles. The summed E-state index contributed by atoms with van der Waals surface area (Å²) in [6.07, 6.45) is 0.795. The van der Waals surface area contributed by atoms with Crippen LogP contribution in [0.4, 0.5) is 4.79 Å². The van der Waals surface area contributed by atoms with Crippen LogP contribution in [0.2, 0.25) is 0 Å². The lowest BCUT2D eigenvalue weighted by molar-refractivity contribution is -0.133. The van der Waals surface area contributed by atoms with E-state index in [-0.39, 0.29) is 5.91 Å². The van der Waals surface area contributed by atoms with Gasteiger partial charge in [-0.3, -0.25) is 4.79 Å². The molecule has 86 valence electrons. The zero-order valence-corrected chi connectivity index (χ0v) is 9.87. The van der Waals surface area contributed by atoms with Crippen LogP contribution in [0.3, 0.4) is 0 Å². The van der Waals surface area contributed by atoms with Crippen LogP contribution < -0.4 is 0 Å². The Balaban J connectivity index is 2.57. The third kappa shape index (κ3) is 3.53. The second-order valence-electron chi connectivity index (χ2n) is 5.12. The normalized spacial score (nSPS) is 22.8. The van der Waals surface area contributed by atoms with E-state index >= 15 is 0 Å². The summed E-state index contributed by atoms with van der Waals surface area (Å²) in [5.41, 5.74) is -0.541. The lowest BCUT2D eigenvalue weighted by Gasteiger charge is -2.30. The van der Waals surface area contributed by atoms with E-state index in [0.29, 0.717) is 18.9 Å². The minimum absolute atomic E-state index is 0.122. The summed E-state index contributed by atoms with van der Waals surface area (Å²) in [4.78, 5) is 24.4. The van der Waals surface area contributed by atoms with Gasteiger partial charge in [0, 0.05) is 13.0 Å². The molecule has 1 heterocycles. The Labute approximate surface area is 90.6 Å². The first-order valence-electron chi connectivity index (χ1n) is 5.33. The first-order valence-corrected chi connectivity index (χ1v) is 5.33. The molecule has 0 radical (unpaired) electrons. The number of carbonyl (C=O) groups is 2. The van der Waals surface area contributed by atoms with Crippen molar-refractivity contribution in [2.45, 2.75) is 46.1 Å². The van der Waals surface area contributed by atoms with Crippen molar-refractivity contribution in [1.29, 1.82) is 0 Å². The van der Waals surface area contributed by atoms with Gasteiger partial charge in [0.05, 0.1) is 0 Å². The van der Waals surface area contributed by atoms with Crippen LogP contribution in [0.25, 0.3) is 0 Å². The number of nitrogens with zero attached hydrogens (tertiary/aromatic N) is 1. The van der Waals surface area contributed by atoms with Gasteiger partial charge in [0.1, 0.15) is 5.60 Å². The molecule has 1 aliphatic heterocycles. The molecule has 0 aromatic heterocycles. The summed E-state index contributed by atoms with van der Waals surface area (Å²) < 4.78 is 5.15. The maximum absolute atomic E-state index is 11.6. The number of hydrogen-bond acceptors (Lipinski definition) is 3. The van der Waals surface area contributed by atoms with Crippen molar-refractivity contribution in [3.05, 3.63) is 0 Å². The van der Waals surface area contributed by atoms with E-state index in [1.165, 1.54) is 4.90 Å². The Morgan fingerprint density at radius 1 is 1.47 bits per heavy atom. The fraction of sp³-hybridized carbons (Fsp3) is 0.818. The van der Waals surface area contributed by atoms with Crippen LogP contribution in [0.15, 0.2) is 0 Å². The van der Waals surface area contributed by atoms with Gasteiger partial charge in [-0.15, -0.1) is 0 Å². The summed E-state index contributed by atoms with van der Waals surface area (Å²) in [6.45, 7) is 7.88. The highest BCUT2D eigenvalue weighted by atomic mass is 16.6. The Morgan fingerprint density at radius 2 is 2.07 bits per heavy atom. The van der Waals surface area contributed by atoms with Crippen LogP contribution in [0.5, 0.6) is 0 Å². The fourth-order valence-corrected chi connectivity index (χ4v) is 1.49. The van der Waals surface area contributed by atoms with Crippen molar-refractivity contribution in [3.8, 4) is 0 Å². The zero-order valence-electron chi connectivity index (χ0n) is 9.87. The smallest absolute Gasteiger partial charge is 0.417 e. The standard InChI is InChI=1S/C11H19NO3/c1-8-5-6-12(9(13)7-8)10(14)15-11(2,3)4/h8H,5-7H2,1-4H3/t8-/m1/s1. The maximum atomic E-state index is 11.6. The van der Waals surface area contributed by atoms with Crippen molar-refractivity contribution < 1.29 is 14.3 Å². The van der Waals surface area contributed by atoms with E-state index in [0.717, 1.165) is 6.42 Å². The molecule has 4 nitrogen and oxygen atoms in total. The lowest BCUT2D eigenvalue weighted by atomic mass is 9.99. The van der Waals surface area contributed by atoms with Gasteiger partial charge < -0.3 is 4.74 Å². The SMILES string of the molecule is C[C@@H]1CCN(C(=O)OC(C)(C)C)C(=O)C1. The minimum atomic E-state index is -0.541. The molecule has 0 unspecified atom stereocenters. The number of piperidine rings is 1. The molecule has 1 fully saturated rings. The predicted octanol–water partition coefficient (Wildman–Crippen LogP) is 2.18. The molecule has 0 aromatic carbocycles. The zero-order chi connectivity index (χ0) is 11.6. The van der Waals surface area contributed by atoms with E-state index in [4.69, 9.17) is 4.74 Å². The van der Waals surface area contributed by atoms with E-state index < -0.39 is 11.7 Å². The highest BCUT2D eigenvalue weighted by Gasteiger charge is 2.31. The number of carbonyl (C=O) groups excluding carboxylic acids is 2. The molecular formula is C11H19NO3. The van der Waals surface area contributed by atoms with Crippen LogP contribution in [-0.4, -0.2) is 29.0 Å². The first-order chi connectivity index (χ1) is 6.79.